The minimum atomic E-state index is -1.34. The molecule has 1 heterocycles. The van der Waals surface area contributed by atoms with Gasteiger partial charge in [-0.05, 0) is 48.7 Å². The fraction of sp³-hybridized carbons (Fsp3) is 0.360. The minimum absolute atomic E-state index is 0.292. The molecule has 174 valence electrons. The van der Waals surface area contributed by atoms with E-state index in [9.17, 15) is 9.59 Å². The van der Waals surface area contributed by atoms with E-state index in [1.165, 1.54) is 17.3 Å². The second-order valence-electron chi connectivity index (χ2n) is 8.21. The fourth-order valence-corrected chi connectivity index (χ4v) is 3.96. The molecule has 0 radical (unpaired) electrons. The Labute approximate surface area is 199 Å². The molecular weight excluding hydrogens is 440 g/mol. The molecule has 0 fully saturated rings. The molecule has 0 saturated heterocycles. The van der Waals surface area contributed by atoms with Crippen LogP contribution in [0.3, 0.4) is 0 Å². The number of hydrogen-bond donors (Lipinski definition) is 1. The Balaban J connectivity index is 2.03. The first-order valence-electron chi connectivity index (χ1n) is 11.1. The second kappa shape index (κ2) is 11.1. The minimum Gasteiger partial charge on any atom is -0.461 e. The number of halogens is 1. The average Bonchev–Trinajstić information content (AvgIpc) is 3.34. The number of anilines is 1. The molecule has 3 rings (SSSR count). The summed E-state index contributed by atoms with van der Waals surface area (Å²) in [6.07, 6.45) is 3.50. The smallest absolute Gasteiger partial charge is 0.252 e. The highest BCUT2D eigenvalue weighted by atomic mass is 35.5. The van der Waals surface area contributed by atoms with Crippen LogP contribution in [0.15, 0.2) is 67.3 Å². The van der Waals surface area contributed by atoms with Gasteiger partial charge >= 0.3 is 0 Å². The summed E-state index contributed by atoms with van der Waals surface area (Å²) in [7, 11) is 0. The molecule has 1 aromatic heterocycles. The summed E-state index contributed by atoms with van der Waals surface area (Å²) in [6.45, 7) is 5.81. The van der Waals surface area contributed by atoms with Crippen LogP contribution in [-0.4, -0.2) is 26.5 Å². The number of unbranched alkanes of at least 4 members (excludes halogenated alkanes) is 1. The van der Waals surface area contributed by atoms with Gasteiger partial charge in [0.25, 0.3) is 6.23 Å². The SMILES string of the molecule is CCCCC(C(=O)Nc1ccccc1)(C(=O)C(Oc1ccc(Cl)cc1)n1cncn1)C(C)C. The highest BCUT2D eigenvalue weighted by molar-refractivity contribution is 6.30. The zero-order valence-electron chi connectivity index (χ0n) is 19.1. The Kier molecular flexibility index (Phi) is 8.22. The number of amides is 1. The summed E-state index contributed by atoms with van der Waals surface area (Å²) in [5.41, 5.74) is -0.706. The normalized spacial score (nSPS) is 13.8. The molecule has 7 nitrogen and oxygen atoms in total. The zero-order chi connectivity index (χ0) is 23.8. The molecule has 0 saturated carbocycles. The standard InChI is InChI=1S/C25H29ClN4O3/c1-4-5-15-25(18(2)3,24(32)29-20-9-7-6-8-10-20)22(31)23(30-17-27-16-28-30)33-21-13-11-19(26)12-14-21/h6-14,16-18,23H,4-5,15H2,1-3H3,(H,29,32). The monoisotopic (exact) mass is 468 g/mol. The van der Waals surface area contributed by atoms with Gasteiger partial charge in [-0.25, -0.2) is 9.67 Å². The van der Waals surface area contributed by atoms with Gasteiger partial charge in [-0.15, -0.1) is 0 Å². The lowest BCUT2D eigenvalue weighted by molar-refractivity contribution is -0.151. The highest BCUT2D eigenvalue weighted by Gasteiger charge is 2.52. The fourth-order valence-electron chi connectivity index (χ4n) is 3.83. The molecule has 2 aromatic carbocycles. The number of aromatic nitrogens is 3. The van der Waals surface area contributed by atoms with Crippen LogP contribution in [0.25, 0.3) is 0 Å². The molecule has 2 unspecified atom stereocenters. The number of carbonyl (C=O) groups is 2. The molecule has 0 spiro atoms. The van der Waals surface area contributed by atoms with Gasteiger partial charge in [-0.3, -0.25) is 9.59 Å². The van der Waals surface area contributed by atoms with Gasteiger partial charge in [-0.1, -0.05) is 63.4 Å². The molecule has 0 bridgehead atoms. The third-order valence-electron chi connectivity index (χ3n) is 5.75. The zero-order valence-corrected chi connectivity index (χ0v) is 19.8. The Morgan fingerprint density at radius 1 is 1.12 bits per heavy atom. The number of Topliss-reactive ketones (excluding diaryl/α,β-unsaturated/α-hetero) is 1. The van der Waals surface area contributed by atoms with Crippen LogP contribution in [-0.2, 0) is 9.59 Å². The first-order valence-corrected chi connectivity index (χ1v) is 11.4. The number of nitrogens with zero attached hydrogens (tertiary/aromatic N) is 3. The lowest BCUT2D eigenvalue weighted by atomic mass is 9.68. The van der Waals surface area contributed by atoms with Gasteiger partial charge in [-0.2, -0.15) is 5.10 Å². The molecular formula is C25H29ClN4O3. The summed E-state index contributed by atoms with van der Waals surface area (Å²) < 4.78 is 7.43. The predicted octanol–water partition coefficient (Wildman–Crippen LogP) is 5.55. The number of benzene rings is 2. The van der Waals surface area contributed by atoms with Crippen molar-refractivity contribution in [3.8, 4) is 5.75 Å². The number of hydrogen-bond acceptors (Lipinski definition) is 5. The first-order chi connectivity index (χ1) is 15.9. The number of ketones is 1. The Morgan fingerprint density at radius 2 is 1.82 bits per heavy atom. The molecule has 1 amide bonds. The summed E-state index contributed by atoms with van der Waals surface area (Å²) in [5.74, 6) is -0.586. The summed E-state index contributed by atoms with van der Waals surface area (Å²) in [6, 6.07) is 15.8. The van der Waals surface area contributed by atoms with Crippen molar-refractivity contribution in [1.29, 1.82) is 0 Å². The van der Waals surface area contributed by atoms with E-state index in [-0.39, 0.29) is 17.6 Å². The van der Waals surface area contributed by atoms with E-state index in [4.69, 9.17) is 16.3 Å². The highest BCUT2D eigenvalue weighted by Crippen LogP contribution is 2.40. The molecule has 0 aliphatic carbocycles. The van der Waals surface area contributed by atoms with Gasteiger partial charge in [0, 0.05) is 10.7 Å². The van der Waals surface area contributed by atoms with Gasteiger partial charge in [0.2, 0.25) is 11.7 Å². The van der Waals surface area contributed by atoms with E-state index < -0.39 is 11.6 Å². The maximum atomic E-state index is 14.2. The van der Waals surface area contributed by atoms with E-state index in [0.29, 0.717) is 29.3 Å². The van der Waals surface area contributed by atoms with Crippen molar-refractivity contribution in [3.63, 3.8) is 0 Å². The Morgan fingerprint density at radius 3 is 2.39 bits per heavy atom. The van der Waals surface area contributed by atoms with Crippen LogP contribution in [0.2, 0.25) is 5.02 Å². The molecule has 1 N–H and O–H groups in total. The summed E-state index contributed by atoms with van der Waals surface area (Å²) >= 11 is 6.00. The molecule has 2 atom stereocenters. The molecule has 33 heavy (non-hydrogen) atoms. The second-order valence-corrected chi connectivity index (χ2v) is 8.65. The topological polar surface area (TPSA) is 86.1 Å². The van der Waals surface area contributed by atoms with Crippen molar-refractivity contribution >= 4 is 29.0 Å². The maximum Gasteiger partial charge on any atom is 0.252 e. The van der Waals surface area contributed by atoms with E-state index in [0.717, 1.165) is 6.42 Å². The third-order valence-corrected chi connectivity index (χ3v) is 6.00. The molecule has 3 aromatic rings. The van der Waals surface area contributed by atoms with E-state index in [2.05, 4.69) is 15.4 Å². The quantitative estimate of drug-likeness (QED) is 0.373. The van der Waals surface area contributed by atoms with Crippen molar-refractivity contribution in [3.05, 3.63) is 72.3 Å². The van der Waals surface area contributed by atoms with Crippen molar-refractivity contribution in [2.24, 2.45) is 11.3 Å². The van der Waals surface area contributed by atoms with Crippen molar-refractivity contribution in [1.82, 2.24) is 14.8 Å². The van der Waals surface area contributed by atoms with Gasteiger partial charge in [0.05, 0.1) is 0 Å². The Hall–Kier alpha value is -3.19. The number of nitrogens with one attached hydrogen (secondary N) is 1. The first kappa shape index (κ1) is 24.5. The van der Waals surface area contributed by atoms with E-state index >= 15 is 0 Å². The Bertz CT molecular complexity index is 1040. The number of para-hydroxylation sites is 1. The number of rotatable bonds is 11. The number of ether oxygens (including phenoxy) is 1. The van der Waals surface area contributed by atoms with Crippen LogP contribution in [0.4, 0.5) is 5.69 Å². The number of carbonyl (C=O) groups excluding carboxylic acids is 2. The van der Waals surface area contributed by atoms with Crippen LogP contribution in [0.5, 0.6) is 5.75 Å². The average molecular weight is 469 g/mol. The van der Waals surface area contributed by atoms with Gasteiger partial charge in [0.1, 0.15) is 23.8 Å². The lowest BCUT2D eigenvalue weighted by Gasteiger charge is -2.37. The van der Waals surface area contributed by atoms with E-state index in [1.807, 2.05) is 39.0 Å². The maximum absolute atomic E-state index is 14.2. The molecule has 0 aliphatic rings. The predicted molar refractivity (Wildman–Crippen MR) is 128 cm³/mol. The molecule has 0 aliphatic heterocycles. The van der Waals surface area contributed by atoms with Crippen molar-refractivity contribution < 1.29 is 14.3 Å². The molecule has 8 heteroatoms. The van der Waals surface area contributed by atoms with Crippen molar-refractivity contribution in [2.75, 3.05) is 5.32 Å². The summed E-state index contributed by atoms with van der Waals surface area (Å²) in [5, 5.41) is 7.65. The van der Waals surface area contributed by atoms with Crippen molar-refractivity contribution in [2.45, 2.75) is 46.3 Å². The third kappa shape index (κ3) is 5.60. The van der Waals surface area contributed by atoms with E-state index in [1.54, 1.807) is 36.4 Å². The van der Waals surface area contributed by atoms with Crippen LogP contribution in [0, 0.1) is 11.3 Å². The van der Waals surface area contributed by atoms with Crippen LogP contribution < -0.4 is 10.1 Å². The largest absolute Gasteiger partial charge is 0.461 e. The summed E-state index contributed by atoms with van der Waals surface area (Å²) in [4.78, 5) is 31.9. The van der Waals surface area contributed by atoms with Gasteiger partial charge < -0.3 is 10.1 Å². The van der Waals surface area contributed by atoms with Gasteiger partial charge in [0.15, 0.2) is 0 Å². The lowest BCUT2D eigenvalue weighted by Crippen LogP contribution is -2.51. The van der Waals surface area contributed by atoms with Crippen LogP contribution in [0.1, 0.15) is 46.3 Å². The van der Waals surface area contributed by atoms with Crippen LogP contribution >= 0.6 is 11.6 Å².